The van der Waals surface area contributed by atoms with Crippen LogP contribution in [0.25, 0.3) is 0 Å². The first kappa shape index (κ1) is 25.0. The van der Waals surface area contributed by atoms with Gasteiger partial charge in [0, 0.05) is 42.3 Å². The number of carbonyl (C=O) groups is 4. The Balaban J connectivity index is 1.35. The first-order valence-corrected chi connectivity index (χ1v) is 12.7. The van der Waals surface area contributed by atoms with Crippen LogP contribution in [0.5, 0.6) is 0 Å². The molecule has 3 amide bonds. The molecule has 11 nitrogen and oxygen atoms in total. The molecule has 7 atom stereocenters. The molecule has 7 unspecified atom stereocenters. The summed E-state index contributed by atoms with van der Waals surface area (Å²) in [5, 5.41) is 25.9. The topological polar surface area (TPSA) is 165 Å². The van der Waals surface area contributed by atoms with Crippen molar-refractivity contribution in [2.75, 3.05) is 32.7 Å². The van der Waals surface area contributed by atoms with Gasteiger partial charge in [-0.1, -0.05) is 6.92 Å². The van der Waals surface area contributed by atoms with Crippen LogP contribution in [0.1, 0.15) is 26.7 Å². The maximum Gasteiger partial charge on any atom is 0.353 e. The lowest BCUT2D eigenvalue weighted by atomic mass is 9.79. The predicted molar refractivity (Wildman–Crippen MR) is 124 cm³/mol. The number of aliphatic hydroxyl groups excluding tert-OH is 1. The Morgan fingerprint density at radius 1 is 1.35 bits per heavy atom. The maximum atomic E-state index is 13.0. The van der Waals surface area contributed by atoms with Crippen molar-refractivity contribution in [3.05, 3.63) is 10.6 Å². The number of amides is 3. The van der Waals surface area contributed by atoms with Crippen molar-refractivity contribution in [1.82, 2.24) is 20.4 Å². The Bertz CT molecular complexity index is 910. The number of rotatable bonds is 8. The summed E-state index contributed by atoms with van der Waals surface area (Å²) in [6, 6.07) is -0.682. The molecule has 34 heavy (non-hydrogen) atoms. The SMILES string of the molecule is CC(O)C1C(=O)N2C(C(=O)O)=C(SC3CNC(C(=O)N4CCC(CNC(=O)CN)C4)C3)C(C)C12. The van der Waals surface area contributed by atoms with E-state index in [1.165, 1.54) is 16.7 Å². The minimum Gasteiger partial charge on any atom is -0.477 e. The monoisotopic (exact) mass is 495 g/mol. The first-order chi connectivity index (χ1) is 16.1. The highest BCUT2D eigenvalue weighted by Crippen LogP contribution is 2.51. The van der Waals surface area contributed by atoms with Gasteiger partial charge in [-0.15, -0.1) is 11.8 Å². The van der Waals surface area contributed by atoms with E-state index in [4.69, 9.17) is 5.73 Å². The Labute approximate surface area is 202 Å². The lowest BCUT2D eigenvalue weighted by Crippen LogP contribution is -2.63. The molecular formula is C22H33N5O6S. The fourth-order valence-corrected chi connectivity index (χ4v) is 7.07. The smallest absolute Gasteiger partial charge is 0.353 e. The Kier molecular flexibility index (Phi) is 7.22. The van der Waals surface area contributed by atoms with Crippen LogP contribution in [0.15, 0.2) is 10.6 Å². The summed E-state index contributed by atoms with van der Waals surface area (Å²) in [6.07, 6.45) is 0.554. The summed E-state index contributed by atoms with van der Waals surface area (Å²) in [7, 11) is 0. The molecule has 3 saturated heterocycles. The van der Waals surface area contributed by atoms with Crippen LogP contribution >= 0.6 is 11.8 Å². The van der Waals surface area contributed by atoms with Crippen molar-refractivity contribution in [2.24, 2.45) is 23.5 Å². The second-order valence-corrected chi connectivity index (χ2v) is 11.0. The number of thioether (sulfide) groups is 1. The van der Waals surface area contributed by atoms with Crippen LogP contribution in [0, 0.1) is 17.8 Å². The molecule has 188 valence electrons. The molecule has 4 heterocycles. The molecule has 0 bridgehead atoms. The van der Waals surface area contributed by atoms with Gasteiger partial charge in [0.15, 0.2) is 0 Å². The van der Waals surface area contributed by atoms with Crippen LogP contribution in [0.3, 0.4) is 0 Å². The van der Waals surface area contributed by atoms with Crippen molar-refractivity contribution in [2.45, 2.75) is 50.1 Å². The third-order valence-corrected chi connectivity index (χ3v) is 8.88. The molecule has 0 radical (unpaired) electrons. The zero-order valence-corrected chi connectivity index (χ0v) is 20.2. The molecule has 6 N–H and O–H groups in total. The first-order valence-electron chi connectivity index (χ1n) is 11.8. The van der Waals surface area contributed by atoms with E-state index in [1.807, 2.05) is 11.8 Å². The number of carbonyl (C=O) groups excluding carboxylic acids is 3. The van der Waals surface area contributed by atoms with Gasteiger partial charge in [0.1, 0.15) is 5.70 Å². The minimum atomic E-state index is -1.14. The number of aliphatic carboxylic acids is 1. The van der Waals surface area contributed by atoms with Gasteiger partial charge in [-0.3, -0.25) is 14.4 Å². The number of nitrogens with zero attached hydrogens (tertiary/aromatic N) is 2. The third kappa shape index (κ3) is 4.43. The molecule has 0 aromatic rings. The van der Waals surface area contributed by atoms with Crippen molar-refractivity contribution >= 4 is 35.5 Å². The minimum absolute atomic E-state index is 0.00166. The van der Waals surface area contributed by atoms with Gasteiger partial charge in [0.05, 0.1) is 30.7 Å². The number of carboxylic acids is 1. The van der Waals surface area contributed by atoms with Gasteiger partial charge in [-0.05, 0) is 25.7 Å². The highest BCUT2D eigenvalue weighted by molar-refractivity contribution is 8.03. The van der Waals surface area contributed by atoms with Gasteiger partial charge in [-0.2, -0.15) is 0 Å². The van der Waals surface area contributed by atoms with Crippen LogP contribution in [-0.2, 0) is 19.2 Å². The van der Waals surface area contributed by atoms with E-state index >= 15 is 0 Å². The van der Waals surface area contributed by atoms with E-state index in [-0.39, 0.29) is 59.1 Å². The van der Waals surface area contributed by atoms with Crippen LogP contribution in [0.2, 0.25) is 0 Å². The molecule has 0 aliphatic carbocycles. The van der Waals surface area contributed by atoms with Crippen molar-refractivity contribution in [1.29, 1.82) is 0 Å². The van der Waals surface area contributed by atoms with E-state index in [0.29, 0.717) is 37.5 Å². The highest BCUT2D eigenvalue weighted by Gasteiger charge is 2.60. The molecule has 0 aromatic carbocycles. The molecule has 0 saturated carbocycles. The fourth-order valence-electron chi connectivity index (χ4n) is 5.59. The second-order valence-electron chi connectivity index (χ2n) is 9.66. The highest BCUT2D eigenvalue weighted by atomic mass is 32.2. The largest absolute Gasteiger partial charge is 0.477 e. The fraction of sp³-hybridized carbons (Fsp3) is 0.727. The predicted octanol–water partition coefficient (Wildman–Crippen LogP) is -1.47. The maximum absolute atomic E-state index is 13.0. The lowest BCUT2D eigenvalue weighted by Gasteiger charge is -2.46. The number of β-lactam (4-membered cyclic amide) rings is 1. The van der Waals surface area contributed by atoms with Gasteiger partial charge in [0.25, 0.3) is 0 Å². The number of nitrogens with two attached hydrogens (primary N) is 1. The normalized spacial score (nSPS) is 33.7. The number of fused-ring (bicyclic) bond motifs is 1. The zero-order chi connectivity index (χ0) is 24.7. The van der Waals surface area contributed by atoms with E-state index in [9.17, 15) is 29.4 Å². The number of carboxylic acid groups (broad SMARTS) is 1. The second kappa shape index (κ2) is 9.84. The van der Waals surface area contributed by atoms with Crippen LogP contribution in [0.4, 0.5) is 0 Å². The molecule has 4 aliphatic heterocycles. The standard InChI is InChI=1S/C22H33N5O6S/c1-10-17-16(11(2)28)21(31)27(17)18(22(32)33)19(10)34-13-5-14(24-8-13)20(30)26-4-3-12(9-26)7-25-15(29)6-23/h10-14,16-17,24,28H,3-9,23H2,1-2H3,(H,25,29)(H,32,33). The Morgan fingerprint density at radius 3 is 2.74 bits per heavy atom. The quantitative estimate of drug-likeness (QED) is 0.253. The average molecular weight is 496 g/mol. The Morgan fingerprint density at radius 2 is 2.09 bits per heavy atom. The summed E-state index contributed by atoms with van der Waals surface area (Å²) < 4.78 is 0. The van der Waals surface area contributed by atoms with E-state index in [1.54, 1.807) is 6.92 Å². The van der Waals surface area contributed by atoms with Crippen molar-refractivity contribution < 1.29 is 29.4 Å². The molecule has 12 heteroatoms. The number of hydrogen-bond acceptors (Lipinski definition) is 8. The Hall–Kier alpha value is -2.15. The number of nitrogens with one attached hydrogen (secondary N) is 2. The number of hydrogen-bond donors (Lipinski definition) is 5. The summed E-state index contributed by atoms with van der Waals surface area (Å²) in [6.45, 7) is 5.70. The number of aliphatic hydroxyl groups is 1. The third-order valence-electron chi connectivity index (χ3n) is 7.36. The number of likely N-dealkylation sites (tertiary alicyclic amines) is 1. The molecule has 4 rings (SSSR count). The molecular weight excluding hydrogens is 462 g/mol. The van der Waals surface area contributed by atoms with Crippen molar-refractivity contribution in [3.8, 4) is 0 Å². The molecule has 4 aliphatic rings. The summed E-state index contributed by atoms with van der Waals surface area (Å²) in [5.41, 5.74) is 5.33. The molecule has 0 spiro atoms. The van der Waals surface area contributed by atoms with E-state index in [2.05, 4.69) is 10.6 Å². The summed E-state index contributed by atoms with van der Waals surface area (Å²) in [5.74, 6) is -2.23. The van der Waals surface area contributed by atoms with E-state index in [0.717, 1.165) is 6.42 Å². The van der Waals surface area contributed by atoms with Gasteiger partial charge in [0.2, 0.25) is 17.7 Å². The average Bonchev–Trinajstić information content (AvgIpc) is 3.50. The van der Waals surface area contributed by atoms with Gasteiger partial charge in [-0.25, -0.2) is 4.79 Å². The van der Waals surface area contributed by atoms with Crippen LogP contribution in [-0.4, -0.2) is 99.9 Å². The summed E-state index contributed by atoms with van der Waals surface area (Å²) in [4.78, 5) is 52.7. The molecule has 3 fully saturated rings. The van der Waals surface area contributed by atoms with E-state index < -0.39 is 18.0 Å². The van der Waals surface area contributed by atoms with Crippen LogP contribution < -0.4 is 16.4 Å². The zero-order valence-electron chi connectivity index (χ0n) is 19.4. The van der Waals surface area contributed by atoms with Gasteiger partial charge < -0.3 is 36.4 Å². The van der Waals surface area contributed by atoms with Crippen molar-refractivity contribution in [3.63, 3.8) is 0 Å². The summed E-state index contributed by atoms with van der Waals surface area (Å²) >= 11 is 1.43. The lowest BCUT2D eigenvalue weighted by molar-refractivity contribution is -0.163. The van der Waals surface area contributed by atoms with Gasteiger partial charge >= 0.3 is 5.97 Å². The molecule has 0 aromatic heterocycles.